The highest BCUT2D eigenvalue weighted by Crippen LogP contribution is 2.63. The van der Waals surface area contributed by atoms with Gasteiger partial charge in [0.2, 0.25) is 0 Å². The number of fused-ring (bicyclic) bond motifs is 13. The van der Waals surface area contributed by atoms with Crippen molar-refractivity contribution in [2.75, 3.05) is 0 Å². The quantitative estimate of drug-likeness (QED) is 0.173. The summed E-state index contributed by atoms with van der Waals surface area (Å²) in [4.78, 5) is 15.0. The molecule has 0 unspecified atom stereocenters. The highest BCUT2D eigenvalue weighted by atomic mass is 16.3. The van der Waals surface area contributed by atoms with Gasteiger partial charge < -0.3 is 4.42 Å². The zero-order valence-electron chi connectivity index (χ0n) is 34.3. The van der Waals surface area contributed by atoms with Crippen LogP contribution >= 0.6 is 0 Å². The van der Waals surface area contributed by atoms with E-state index in [9.17, 15) is 5.26 Å². The van der Waals surface area contributed by atoms with E-state index in [0.717, 1.165) is 44.2 Å². The first-order chi connectivity index (χ1) is 31.7. The topological polar surface area (TPSA) is 75.6 Å². The van der Waals surface area contributed by atoms with Crippen molar-refractivity contribution in [2.24, 2.45) is 0 Å². The molecular weight excluding hydrogens is 781 g/mol. The Balaban J connectivity index is 0.859. The molecule has 5 heteroatoms. The fraction of sp³-hybridized carbons (Fsp3) is 0.0169. The van der Waals surface area contributed by atoms with Gasteiger partial charge in [-0.2, -0.15) is 5.26 Å². The van der Waals surface area contributed by atoms with E-state index in [4.69, 9.17) is 19.4 Å². The Labute approximate surface area is 369 Å². The molecule has 0 N–H and O–H groups in total. The molecule has 2 heterocycles. The lowest BCUT2D eigenvalue weighted by atomic mass is 9.70. The van der Waals surface area contributed by atoms with E-state index in [1.165, 1.54) is 55.6 Å². The number of aromatic nitrogens is 3. The van der Waals surface area contributed by atoms with Crippen LogP contribution in [0.5, 0.6) is 0 Å². The monoisotopic (exact) mass is 814 g/mol. The lowest BCUT2D eigenvalue weighted by Crippen LogP contribution is -2.25. The van der Waals surface area contributed by atoms with Crippen molar-refractivity contribution in [2.45, 2.75) is 5.41 Å². The predicted molar refractivity (Wildman–Crippen MR) is 255 cm³/mol. The predicted octanol–water partition coefficient (Wildman–Crippen LogP) is 14.3. The normalized spacial score (nSPS) is 12.8. The molecule has 1 spiro atoms. The molecule has 2 aliphatic rings. The number of furan rings is 1. The zero-order valence-corrected chi connectivity index (χ0v) is 34.3. The summed E-state index contributed by atoms with van der Waals surface area (Å²) < 4.78 is 6.23. The molecule has 2 aromatic heterocycles. The maximum absolute atomic E-state index is 9.48. The Hall–Kier alpha value is -8.72. The summed E-state index contributed by atoms with van der Waals surface area (Å²) in [5.41, 5.74) is 19.5. The minimum Gasteiger partial charge on any atom is -0.456 e. The van der Waals surface area contributed by atoms with Gasteiger partial charge in [0.25, 0.3) is 0 Å². The summed E-state index contributed by atoms with van der Waals surface area (Å²) in [5, 5.41) is 11.3. The minimum absolute atomic E-state index is 0.371. The fourth-order valence-corrected chi connectivity index (χ4v) is 10.4. The van der Waals surface area contributed by atoms with Crippen LogP contribution in [0.15, 0.2) is 211 Å². The molecule has 2 aliphatic carbocycles. The van der Waals surface area contributed by atoms with E-state index < -0.39 is 0 Å². The van der Waals surface area contributed by atoms with Gasteiger partial charge in [0.1, 0.15) is 11.2 Å². The number of benzene rings is 9. The molecule has 9 aromatic carbocycles. The molecule has 0 amide bonds. The second-order valence-corrected chi connectivity index (χ2v) is 16.6. The average molecular weight is 815 g/mol. The van der Waals surface area contributed by atoms with Crippen LogP contribution in [0.4, 0.5) is 0 Å². The summed E-state index contributed by atoms with van der Waals surface area (Å²) >= 11 is 0. The first-order valence-corrected chi connectivity index (χ1v) is 21.5. The van der Waals surface area contributed by atoms with Crippen molar-refractivity contribution in [3.63, 3.8) is 0 Å². The SMILES string of the molecule is N#Cc1ccc2oc3cc(-c4nc(-c5ccccc5)nc(-c5ccc(-c6ccc(-c7cccc8c7-c7ccccc7C87c8ccccc8-c8ccccc87)cc6)cc5)n4)ccc3c2c1. The van der Waals surface area contributed by atoms with Crippen LogP contribution in [-0.4, -0.2) is 15.0 Å². The molecule has 13 rings (SSSR count). The number of rotatable bonds is 5. The van der Waals surface area contributed by atoms with Crippen molar-refractivity contribution < 1.29 is 4.42 Å². The molecule has 0 saturated heterocycles. The van der Waals surface area contributed by atoms with Crippen LogP contribution in [0.25, 0.3) is 101 Å². The molecule has 11 aromatic rings. The number of hydrogen-bond donors (Lipinski definition) is 0. The maximum atomic E-state index is 9.48. The second-order valence-electron chi connectivity index (χ2n) is 16.6. The van der Waals surface area contributed by atoms with E-state index in [1.807, 2.05) is 60.7 Å². The summed E-state index contributed by atoms with van der Waals surface area (Å²) in [6.07, 6.45) is 0. The van der Waals surface area contributed by atoms with E-state index in [1.54, 1.807) is 6.07 Å². The molecule has 64 heavy (non-hydrogen) atoms. The van der Waals surface area contributed by atoms with Crippen LogP contribution in [-0.2, 0) is 5.41 Å². The molecule has 0 bridgehead atoms. The highest BCUT2D eigenvalue weighted by molar-refractivity contribution is 6.06. The van der Waals surface area contributed by atoms with Gasteiger partial charge in [0.05, 0.1) is 17.0 Å². The third-order valence-electron chi connectivity index (χ3n) is 13.2. The molecular formula is C59H34N4O. The second kappa shape index (κ2) is 13.9. The van der Waals surface area contributed by atoms with Crippen molar-refractivity contribution in [1.82, 2.24) is 15.0 Å². The van der Waals surface area contributed by atoms with Crippen molar-refractivity contribution in [3.05, 3.63) is 234 Å². The van der Waals surface area contributed by atoms with Crippen LogP contribution < -0.4 is 0 Å². The van der Waals surface area contributed by atoms with Crippen LogP contribution in [0.1, 0.15) is 27.8 Å². The van der Waals surface area contributed by atoms with Gasteiger partial charge in [0.15, 0.2) is 17.5 Å². The maximum Gasteiger partial charge on any atom is 0.164 e. The molecule has 5 nitrogen and oxygen atoms in total. The summed E-state index contributed by atoms with van der Waals surface area (Å²) in [5.74, 6) is 1.72. The van der Waals surface area contributed by atoms with Gasteiger partial charge in [-0.3, -0.25) is 0 Å². The Kier molecular flexibility index (Phi) is 7.82. The third-order valence-corrected chi connectivity index (χ3v) is 13.2. The zero-order chi connectivity index (χ0) is 42.4. The first kappa shape index (κ1) is 36.0. The molecule has 296 valence electrons. The summed E-state index contributed by atoms with van der Waals surface area (Å²) in [6, 6.07) is 74.9. The van der Waals surface area contributed by atoms with Crippen molar-refractivity contribution in [3.8, 4) is 84.7 Å². The Morgan fingerprint density at radius 1 is 0.359 bits per heavy atom. The Morgan fingerprint density at radius 2 is 0.859 bits per heavy atom. The molecule has 0 aliphatic heterocycles. The average Bonchev–Trinajstić information content (AvgIpc) is 4.00. The molecule has 0 radical (unpaired) electrons. The van der Waals surface area contributed by atoms with Gasteiger partial charge in [-0.15, -0.1) is 0 Å². The first-order valence-electron chi connectivity index (χ1n) is 21.5. The Morgan fingerprint density at radius 3 is 1.52 bits per heavy atom. The fourth-order valence-electron chi connectivity index (χ4n) is 10.4. The molecule has 0 saturated carbocycles. The van der Waals surface area contributed by atoms with Crippen LogP contribution in [0.2, 0.25) is 0 Å². The van der Waals surface area contributed by atoms with Gasteiger partial charge in [-0.1, -0.05) is 176 Å². The summed E-state index contributed by atoms with van der Waals surface area (Å²) in [7, 11) is 0. The van der Waals surface area contributed by atoms with Crippen molar-refractivity contribution >= 4 is 21.9 Å². The van der Waals surface area contributed by atoms with Gasteiger partial charge in [0, 0.05) is 27.5 Å². The van der Waals surface area contributed by atoms with Gasteiger partial charge >= 0.3 is 0 Å². The minimum atomic E-state index is -0.371. The lowest BCUT2D eigenvalue weighted by molar-refractivity contribution is 0.669. The molecule has 0 fully saturated rings. The van der Waals surface area contributed by atoms with Gasteiger partial charge in [-0.25, -0.2) is 15.0 Å². The van der Waals surface area contributed by atoms with Crippen LogP contribution in [0.3, 0.4) is 0 Å². The van der Waals surface area contributed by atoms with E-state index in [0.29, 0.717) is 28.6 Å². The smallest absolute Gasteiger partial charge is 0.164 e. The van der Waals surface area contributed by atoms with Gasteiger partial charge in [-0.05, 0) is 97.1 Å². The van der Waals surface area contributed by atoms with E-state index >= 15 is 0 Å². The van der Waals surface area contributed by atoms with Crippen molar-refractivity contribution in [1.29, 1.82) is 5.26 Å². The molecule has 0 atom stereocenters. The Bertz CT molecular complexity index is 3680. The summed E-state index contributed by atoms with van der Waals surface area (Å²) in [6.45, 7) is 0. The highest BCUT2D eigenvalue weighted by Gasteiger charge is 2.51. The largest absolute Gasteiger partial charge is 0.456 e. The number of nitriles is 1. The van der Waals surface area contributed by atoms with E-state index in [-0.39, 0.29) is 5.41 Å². The number of hydrogen-bond acceptors (Lipinski definition) is 5. The standard InChI is InChI=1S/C59H34N4O/c60-35-36-21-32-53-48(33-36)46-31-30-42(34-54(46)64-53)58-62-56(40-11-2-1-3-12-40)61-57(63-58)41-28-24-38(25-29-41)37-22-26-39(27-23-37)43-16-10-20-52-55(43)47-15-6-9-19-51(47)59(52)49-17-7-4-13-44(49)45-14-5-8-18-50(45)59/h1-34H. The third kappa shape index (κ3) is 5.27. The van der Waals surface area contributed by atoms with E-state index in [2.05, 4.69) is 146 Å². The van der Waals surface area contributed by atoms with Crippen LogP contribution in [0, 0.1) is 11.3 Å². The lowest BCUT2D eigenvalue weighted by Gasteiger charge is -2.30. The number of nitrogens with zero attached hydrogens (tertiary/aromatic N) is 4.